The Kier molecular flexibility index (Phi) is 3.78. The van der Waals surface area contributed by atoms with E-state index in [-0.39, 0.29) is 5.84 Å². The van der Waals surface area contributed by atoms with Crippen LogP contribution in [0, 0.1) is 5.41 Å². The summed E-state index contributed by atoms with van der Waals surface area (Å²) in [6.07, 6.45) is 1.59. The van der Waals surface area contributed by atoms with Crippen LogP contribution in [0.4, 0.5) is 0 Å². The number of ether oxygens (including phenoxy) is 1. The summed E-state index contributed by atoms with van der Waals surface area (Å²) in [6.45, 7) is 0. The third-order valence-electron chi connectivity index (χ3n) is 2.16. The molecule has 2 aromatic rings. The molecule has 0 unspecified atom stereocenters. The Hall–Kier alpha value is -2.08. The van der Waals surface area contributed by atoms with E-state index in [4.69, 9.17) is 15.9 Å². The maximum absolute atomic E-state index is 7.33. The fourth-order valence-corrected chi connectivity index (χ4v) is 2.10. The molecule has 6 heteroatoms. The van der Waals surface area contributed by atoms with Crippen LogP contribution in [0.5, 0.6) is 5.75 Å². The Labute approximate surface area is 109 Å². The summed E-state index contributed by atoms with van der Waals surface area (Å²) in [4.78, 5) is 9.28. The van der Waals surface area contributed by atoms with E-state index in [2.05, 4.69) is 9.97 Å². The number of aromatic nitrogens is 2. The number of hydrogen-bond acceptors (Lipinski definition) is 5. The molecule has 0 radical (unpaired) electrons. The van der Waals surface area contributed by atoms with Gasteiger partial charge in [0.05, 0.1) is 7.11 Å². The van der Waals surface area contributed by atoms with Crippen LogP contribution in [0.2, 0.25) is 0 Å². The lowest BCUT2D eigenvalue weighted by molar-refractivity contribution is 0.413. The lowest BCUT2D eigenvalue weighted by Crippen LogP contribution is -2.13. The van der Waals surface area contributed by atoms with Crippen molar-refractivity contribution in [3.63, 3.8) is 0 Å². The van der Waals surface area contributed by atoms with E-state index in [1.807, 2.05) is 24.3 Å². The third kappa shape index (κ3) is 2.98. The van der Waals surface area contributed by atoms with Gasteiger partial charge in [0, 0.05) is 11.1 Å². The van der Waals surface area contributed by atoms with Crippen molar-refractivity contribution in [2.75, 3.05) is 7.11 Å². The van der Waals surface area contributed by atoms with E-state index in [9.17, 15) is 0 Å². The number of methoxy groups -OCH3 is 1. The van der Waals surface area contributed by atoms with Gasteiger partial charge >= 0.3 is 0 Å². The summed E-state index contributed by atoms with van der Waals surface area (Å²) in [7, 11) is 1.62. The van der Waals surface area contributed by atoms with Gasteiger partial charge in [0.15, 0.2) is 5.16 Å². The molecule has 1 heterocycles. The fourth-order valence-electron chi connectivity index (χ4n) is 1.31. The van der Waals surface area contributed by atoms with Crippen LogP contribution in [0.15, 0.2) is 46.6 Å². The Morgan fingerprint density at radius 3 is 2.94 bits per heavy atom. The van der Waals surface area contributed by atoms with Crippen molar-refractivity contribution in [2.24, 2.45) is 5.73 Å². The summed E-state index contributed by atoms with van der Waals surface area (Å²) < 4.78 is 5.15. The second-order valence-corrected chi connectivity index (χ2v) is 4.46. The molecule has 3 N–H and O–H groups in total. The SMILES string of the molecule is COc1cccc(Sc2nccc(C(=N)N)n2)c1. The van der Waals surface area contributed by atoms with Crippen LogP contribution in [0.1, 0.15) is 5.69 Å². The summed E-state index contributed by atoms with van der Waals surface area (Å²) in [5.74, 6) is 0.715. The maximum Gasteiger partial charge on any atom is 0.193 e. The Balaban J connectivity index is 2.22. The van der Waals surface area contributed by atoms with Crippen LogP contribution >= 0.6 is 11.8 Å². The van der Waals surface area contributed by atoms with Crippen LogP contribution in [0.3, 0.4) is 0 Å². The molecule has 0 aliphatic rings. The minimum absolute atomic E-state index is 0.0649. The average Bonchev–Trinajstić information content (AvgIpc) is 2.39. The van der Waals surface area contributed by atoms with Gasteiger partial charge in [0.1, 0.15) is 17.3 Å². The van der Waals surface area contributed by atoms with Gasteiger partial charge in [0.25, 0.3) is 0 Å². The van der Waals surface area contributed by atoms with Gasteiger partial charge < -0.3 is 10.5 Å². The molecule has 0 bridgehead atoms. The summed E-state index contributed by atoms with van der Waals surface area (Å²) in [5, 5.41) is 7.89. The molecular formula is C12H12N4OS. The second kappa shape index (κ2) is 5.50. The van der Waals surface area contributed by atoms with E-state index in [0.29, 0.717) is 10.9 Å². The predicted molar refractivity (Wildman–Crippen MR) is 70.2 cm³/mol. The Bertz CT molecular complexity index is 574. The standard InChI is InChI=1S/C12H12N4OS/c1-17-8-3-2-4-9(7-8)18-12-15-6-5-10(16-12)11(13)14/h2-7H,1H3,(H3,13,14). The van der Waals surface area contributed by atoms with Crippen LogP contribution in [-0.2, 0) is 0 Å². The van der Waals surface area contributed by atoms with Crippen molar-refractivity contribution in [1.29, 1.82) is 5.41 Å². The number of hydrogen-bond donors (Lipinski definition) is 2. The second-order valence-electron chi connectivity index (χ2n) is 3.42. The van der Waals surface area contributed by atoms with Crippen molar-refractivity contribution < 1.29 is 4.74 Å². The number of nitrogen functional groups attached to an aromatic ring is 1. The van der Waals surface area contributed by atoms with Crippen LogP contribution < -0.4 is 10.5 Å². The first kappa shape index (κ1) is 12.4. The first-order valence-electron chi connectivity index (χ1n) is 5.18. The Morgan fingerprint density at radius 1 is 1.39 bits per heavy atom. The predicted octanol–water partition coefficient (Wildman–Crippen LogP) is 1.92. The molecule has 0 saturated heterocycles. The molecule has 0 aliphatic heterocycles. The molecule has 0 spiro atoms. The van der Waals surface area contributed by atoms with E-state index in [1.54, 1.807) is 19.4 Å². The van der Waals surface area contributed by atoms with Gasteiger partial charge in [-0.1, -0.05) is 6.07 Å². The van der Waals surface area contributed by atoms with E-state index in [0.717, 1.165) is 10.6 Å². The van der Waals surface area contributed by atoms with Crippen LogP contribution in [0.25, 0.3) is 0 Å². The molecule has 0 fully saturated rings. The topological polar surface area (TPSA) is 84.9 Å². The number of nitrogens with zero attached hydrogens (tertiary/aromatic N) is 2. The number of amidine groups is 1. The van der Waals surface area contributed by atoms with Crippen molar-refractivity contribution in [2.45, 2.75) is 10.1 Å². The molecule has 5 nitrogen and oxygen atoms in total. The van der Waals surface area contributed by atoms with Crippen LogP contribution in [-0.4, -0.2) is 22.9 Å². The number of benzene rings is 1. The highest BCUT2D eigenvalue weighted by atomic mass is 32.2. The van der Waals surface area contributed by atoms with Gasteiger partial charge in [-0.15, -0.1) is 0 Å². The molecule has 0 atom stereocenters. The largest absolute Gasteiger partial charge is 0.497 e. The van der Waals surface area contributed by atoms with E-state index < -0.39 is 0 Å². The number of nitrogens with one attached hydrogen (secondary N) is 1. The quantitative estimate of drug-likeness (QED) is 0.498. The van der Waals surface area contributed by atoms with Gasteiger partial charge in [-0.25, -0.2) is 9.97 Å². The van der Waals surface area contributed by atoms with Crippen molar-refractivity contribution in [3.8, 4) is 5.75 Å². The lowest BCUT2D eigenvalue weighted by atomic mass is 10.3. The van der Waals surface area contributed by atoms with Crippen molar-refractivity contribution >= 4 is 17.6 Å². The highest BCUT2D eigenvalue weighted by Crippen LogP contribution is 2.27. The highest BCUT2D eigenvalue weighted by molar-refractivity contribution is 7.99. The molecule has 0 saturated carbocycles. The van der Waals surface area contributed by atoms with E-state index >= 15 is 0 Å². The lowest BCUT2D eigenvalue weighted by Gasteiger charge is -2.04. The number of rotatable bonds is 4. The first-order valence-corrected chi connectivity index (χ1v) is 6.00. The summed E-state index contributed by atoms with van der Waals surface area (Å²) in [6, 6.07) is 9.22. The van der Waals surface area contributed by atoms with Gasteiger partial charge in [-0.2, -0.15) is 0 Å². The van der Waals surface area contributed by atoms with Crippen molar-refractivity contribution in [1.82, 2.24) is 9.97 Å². The molecule has 0 aliphatic carbocycles. The summed E-state index contributed by atoms with van der Waals surface area (Å²) >= 11 is 1.39. The third-order valence-corrected chi connectivity index (χ3v) is 3.03. The maximum atomic E-state index is 7.33. The zero-order valence-electron chi connectivity index (χ0n) is 9.75. The molecule has 1 aromatic heterocycles. The van der Waals surface area contributed by atoms with Gasteiger partial charge in [-0.05, 0) is 36.0 Å². The molecule has 92 valence electrons. The zero-order valence-corrected chi connectivity index (χ0v) is 10.6. The molecular weight excluding hydrogens is 248 g/mol. The van der Waals surface area contributed by atoms with E-state index in [1.165, 1.54) is 11.8 Å². The number of nitrogens with two attached hydrogens (primary N) is 1. The minimum Gasteiger partial charge on any atom is -0.497 e. The first-order chi connectivity index (χ1) is 8.69. The zero-order chi connectivity index (χ0) is 13.0. The van der Waals surface area contributed by atoms with Gasteiger partial charge in [-0.3, -0.25) is 5.41 Å². The smallest absolute Gasteiger partial charge is 0.193 e. The summed E-state index contributed by atoms with van der Waals surface area (Å²) in [5.41, 5.74) is 5.81. The van der Waals surface area contributed by atoms with Crippen molar-refractivity contribution in [3.05, 3.63) is 42.2 Å². The van der Waals surface area contributed by atoms with Gasteiger partial charge in [0.2, 0.25) is 0 Å². The Morgan fingerprint density at radius 2 is 2.22 bits per heavy atom. The molecule has 0 amide bonds. The highest BCUT2D eigenvalue weighted by Gasteiger charge is 2.04. The molecule has 2 rings (SSSR count). The minimum atomic E-state index is -0.0649. The monoisotopic (exact) mass is 260 g/mol. The molecule has 1 aromatic carbocycles. The molecule has 18 heavy (non-hydrogen) atoms. The average molecular weight is 260 g/mol. The normalized spacial score (nSPS) is 10.1. The fraction of sp³-hybridized carbons (Fsp3) is 0.0833.